The largest absolute Gasteiger partial charge is 0.507 e. The molecule has 12 nitrogen and oxygen atoms in total. The Morgan fingerprint density at radius 2 is 1.71 bits per heavy atom. The molecule has 1 fully saturated rings. The van der Waals surface area contributed by atoms with Gasteiger partial charge in [-0.2, -0.15) is 0 Å². The lowest BCUT2D eigenvalue weighted by Crippen LogP contribution is -2.29. The molecular weight excluding hydrogens is 568 g/mol. The van der Waals surface area contributed by atoms with Crippen LogP contribution in [0.25, 0.3) is 5.76 Å². The molecule has 2 aromatic carbocycles. The molecule has 2 aliphatic heterocycles. The number of aliphatic hydroxyl groups excluding tert-OH is 1. The number of nitrogens with zero attached hydrogens (tertiary/aromatic N) is 2. The summed E-state index contributed by atoms with van der Waals surface area (Å²) in [6.45, 7) is 4.13. The number of methoxy groups -OCH3 is 3. The average Bonchev–Trinajstić information content (AvgIpc) is 3.51. The molecule has 1 amide bonds. The molecule has 1 N–H and O–H groups in total. The highest BCUT2D eigenvalue weighted by atomic mass is 32.1. The molecule has 1 saturated heterocycles. The second-order valence-corrected chi connectivity index (χ2v) is 10.1. The summed E-state index contributed by atoms with van der Waals surface area (Å²) in [5, 5.41) is 11.7. The first kappa shape index (κ1) is 28.7. The zero-order chi connectivity index (χ0) is 30.1. The zero-order valence-electron chi connectivity index (χ0n) is 23.5. The Kier molecular flexibility index (Phi) is 7.94. The number of amides is 1. The van der Waals surface area contributed by atoms with Crippen LogP contribution in [-0.4, -0.2) is 68.9 Å². The lowest BCUT2D eigenvalue weighted by Gasteiger charge is -2.25. The first-order valence-electron chi connectivity index (χ1n) is 12.9. The fraction of sp³-hybridized carbons (Fsp3) is 0.310. The molecule has 0 aliphatic carbocycles. The molecule has 3 aromatic rings. The Hall–Kier alpha value is -4.78. The van der Waals surface area contributed by atoms with Crippen LogP contribution in [0.2, 0.25) is 0 Å². The Morgan fingerprint density at radius 1 is 1.05 bits per heavy atom. The summed E-state index contributed by atoms with van der Waals surface area (Å²) in [6, 6.07) is 6.69. The predicted molar refractivity (Wildman–Crippen MR) is 151 cm³/mol. The summed E-state index contributed by atoms with van der Waals surface area (Å²) < 4.78 is 32.9. The van der Waals surface area contributed by atoms with Crippen molar-refractivity contribution in [2.75, 3.05) is 46.0 Å². The van der Waals surface area contributed by atoms with E-state index >= 15 is 0 Å². The second kappa shape index (κ2) is 11.6. The van der Waals surface area contributed by atoms with Gasteiger partial charge in [-0.15, -0.1) is 0 Å². The van der Waals surface area contributed by atoms with E-state index in [2.05, 4.69) is 4.98 Å². The van der Waals surface area contributed by atoms with Gasteiger partial charge in [-0.05, 0) is 49.7 Å². The van der Waals surface area contributed by atoms with Gasteiger partial charge in [0.1, 0.15) is 23.9 Å². The number of anilines is 1. The highest BCUT2D eigenvalue weighted by molar-refractivity contribution is 7.17. The van der Waals surface area contributed by atoms with Crippen LogP contribution in [0.3, 0.4) is 0 Å². The lowest BCUT2D eigenvalue weighted by molar-refractivity contribution is -0.132. The molecule has 0 spiro atoms. The number of fused-ring (bicyclic) bond motifs is 1. The maximum atomic E-state index is 13.7. The smallest absolute Gasteiger partial charge is 0.350 e. The van der Waals surface area contributed by atoms with Gasteiger partial charge in [-0.25, -0.2) is 9.78 Å². The van der Waals surface area contributed by atoms with Crippen LogP contribution in [-0.2, 0) is 14.3 Å². The normalized spacial score (nSPS) is 17.3. The molecule has 13 heteroatoms. The van der Waals surface area contributed by atoms with Crippen LogP contribution in [0.4, 0.5) is 5.13 Å². The van der Waals surface area contributed by atoms with Crippen LogP contribution in [0, 0.1) is 6.92 Å². The number of benzene rings is 2. The minimum Gasteiger partial charge on any atom is -0.507 e. The van der Waals surface area contributed by atoms with Gasteiger partial charge in [-0.1, -0.05) is 11.3 Å². The SMILES string of the molecule is CCOC(=O)c1sc(N2C(=O)C(=O)/C(=C(/O)c3ccc4c(c3)OCCO4)C2c2cc(OC)c(OC)c(OC)c2)nc1C. The molecule has 0 saturated carbocycles. The molecule has 0 radical (unpaired) electrons. The predicted octanol–water partition coefficient (Wildman–Crippen LogP) is 4.05. The number of hydrogen-bond donors (Lipinski definition) is 1. The summed E-state index contributed by atoms with van der Waals surface area (Å²) in [5.74, 6) is -1.24. The highest BCUT2D eigenvalue weighted by Gasteiger charge is 2.49. The number of rotatable bonds is 8. The Labute approximate surface area is 245 Å². The topological polar surface area (TPSA) is 143 Å². The average molecular weight is 597 g/mol. The van der Waals surface area contributed by atoms with E-state index < -0.39 is 29.5 Å². The summed E-state index contributed by atoms with van der Waals surface area (Å²) in [5.41, 5.74) is 0.702. The van der Waals surface area contributed by atoms with Crippen molar-refractivity contribution < 1.29 is 47.9 Å². The van der Waals surface area contributed by atoms with Crippen molar-refractivity contribution >= 4 is 39.9 Å². The van der Waals surface area contributed by atoms with Gasteiger partial charge in [0, 0.05) is 5.56 Å². The van der Waals surface area contributed by atoms with E-state index in [4.69, 9.17) is 28.4 Å². The number of ketones is 1. The molecule has 5 rings (SSSR count). The Bertz CT molecular complexity index is 1590. The van der Waals surface area contributed by atoms with E-state index in [1.54, 1.807) is 38.1 Å². The first-order chi connectivity index (χ1) is 20.2. The zero-order valence-corrected chi connectivity index (χ0v) is 24.3. The van der Waals surface area contributed by atoms with Crippen LogP contribution >= 0.6 is 11.3 Å². The van der Waals surface area contributed by atoms with E-state index in [0.717, 1.165) is 16.2 Å². The molecule has 42 heavy (non-hydrogen) atoms. The van der Waals surface area contributed by atoms with Gasteiger partial charge in [0.25, 0.3) is 5.78 Å². The van der Waals surface area contributed by atoms with Crippen molar-refractivity contribution in [2.45, 2.75) is 19.9 Å². The lowest BCUT2D eigenvalue weighted by atomic mass is 9.94. The van der Waals surface area contributed by atoms with Gasteiger partial charge < -0.3 is 33.5 Å². The number of esters is 1. The summed E-state index contributed by atoms with van der Waals surface area (Å²) in [7, 11) is 4.31. The number of ether oxygens (including phenoxy) is 6. The van der Waals surface area contributed by atoms with Crippen molar-refractivity contribution in [1.29, 1.82) is 0 Å². The quantitative estimate of drug-likeness (QED) is 0.174. The number of thiazole rings is 1. The van der Waals surface area contributed by atoms with Crippen LogP contribution in [0.5, 0.6) is 28.7 Å². The first-order valence-corrected chi connectivity index (χ1v) is 13.7. The molecule has 1 atom stereocenters. The summed E-state index contributed by atoms with van der Waals surface area (Å²) >= 11 is 0.904. The number of aromatic nitrogens is 1. The molecule has 220 valence electrons. The fourth-order valence-electron chi connectivity index (χ4n) is 4.82. The minimum atomic E-state index is -1.19. The van der Waals surface area contributed by atoms with Crippen molar-refractivity contribution in [3.8, 4) is 28.7 Å². The Balaban J connectivity index is 1.74. The van der Waals surface area contributed by atoms with E-state index in [-0.39, 0.29) is 39.3 Å². The third-order valence-corrected chi connectivity index (χ3v) is 7.85. The van der Waals surface area contributed by atoms with Gasteiger partial charge in [0.15, 0.2) is 28.1 Å². The summed E-state index contributed by atoms with van der Waals surface area (Å²) in [4.78, 5) is 45.7. The van der Waals surface area contributed by atoms with Gasteiger partial charge in [-0.3, -0.25) is 14.5 Å². The maximum absolute atomic E-state index is 13.7. The van der Waals surface area contributed by atoms with Crippen LogP contribution < -0.4 is 28.6 Å². The Morgan fingerprint density at radius 3 is 2.33 bits per heavy atom. The third kappa shape index (κ3) is 4.85. The molecule has 3 heterocycles. The minimum absolute atomic E-state index is 0.0672. The third-order valence-electron chi connectivity index (χ3n) is 6.72. The van der Waals surface area contributed by atoms with Crippen molar-refractivity contribution in [3.63, 3.8) is 0 Å². The number of carbonyl (C=O) groups is 3. The maximum Gasteiger partial charge on any atom is 0.350 e. The van der Waals surface area contributed by atoms with Crippen LogP contribution in [0.15, 0.2) is 35.9 Å². The van der Waals surface area contributed by atoms with Gasteiger partial charge >= 0.3 is 11.9 Å². The highest BCUT2D eigenvalue weighted by Crippen LogP contribution is 2.48. The van der Waals surface area contributed by atoms with E-state index in [0.29, 0.717) is 41.7 Å². The van der Waals surface area contributed by atoms with Crippen LogP contribution in [0.1, 0.15) is 39.5 Å². The number of aliphatic hydroxyl groups is 1. The number of carbonyl (C=O) groups excluding carboxylic acids is 3. The molecule has 1 unspecified atom stereocenters. The molecular formula is C29H28N2O10S. The fourth-order valence-corrected chi connectivity index (χ4v) is 5.81. The van der Waals surface area contributed by atoms with Gasteiger partial charge in [0.05, 0.1) is 45.2 Å². The number of aryl methyl sites for hydroxylation is 1. The summed E-state index contributed by atoms with van der Waals surface area (Å²) in [6.07, 6.45) is 0. The molecule has 2 aliphatic rings. The molecule has 1 aromatic heterocycles. The van der Waals surface area contributed by atoms with E-state index in [1.807, 2.05) is 0 Å². The number of Topliss-reactive ketones (excluding diaryl/α,β-unsaturated/α-hetero) is 1. The monoisotopic (exact) mass is 596 g/mol. The second-order valence-electron chi connectivity index (χ2n) is 9.12. The standard InChI is InChI=1S/C29H28N2O10S/c1-6-39-28(35)26-14(2)30-29(42-26)31-22(16-12-19(36-3)25(38-5)20(13-16)37-4)21(24(33)27(31)34)23(32)15-7-8-17-18(11-15)41-10-9-40-17/h7-8,11-13,22,32H,6,9-10H2,1-5H3/b23-21+. The van der Waals surface area contributed by atoms with Crippen molar-refractivity contribution in [1.82, 2.24) is 4.98 Å². The number of hydrogen-bond acceptors (Lipinski definition) is 12. The van der Waals surface area contributed by atoms with E-state index in [1.165, 1.54) is 27.4 Å². The van der Waals surface area contributed by atoms with Gasteiger partial charge in [0.2, 0.25) is 5.75 Å². The van der Waals surface area contributed by atoms with Crippen molar-refractivity contribution in [2.24, 2.45) is 0 Å². The van der Waals surface area contributed by atoms with E-state index in [9.17, 15) is 19.5 Å². The molecule has 0 bridgehead atoms. The van der Waals surface area contributed by atoms with Crippen molar-refractivity contribution in [3.05, 3.63) is 57.6 Å².